The summed E-state index contributed by atoms with van der Waals surface area (Å²) in [5.41, 5.74) is 6.49. The predicted octanol–water partition coefficient (Wildman–Crippen LogP) is 2.13. The smallest absolute Gasteiger partial charge is 0.141 e. The molecule has 0 aliphatic heterocycles. The molecule has 4 heteroatoms. The number of halogens is 2. The molecule has 0 unspecified atom stereocenters. The number of benzene rings is 1. The quantitative estimate of drug-likeness (QED) is 0.817. The molecule has 13 heavy (non-hydrogen) atoms. The van der Waals surface area contributed by atoms with Crippen LogP contribution in [0.1, 0.15) is 11.6 Å². The number of methoxy groups -OCH3 is 1. The van der Waals surface area contributed by atoms with E-state index in [1.807, 2.05) is 0 Å². The van der Waals surface area contributed by atoms with Crippen molar-refractivity contribution in [3.05, 3.63) is 34.6 Å². The molecule has 2 N–H and O–H groups in total. The molecule has 1 aromatic rings. The van der Waals surface area contributed by atoms with E-state index in [9.17, 15) is 4.39 Å². The van der Waals surface area contributed by atoms with Crippen LogP contribution in [-0.4, -0.2) is 13.7 Å². The molecule has 1 atom stereocenters. The largest absolute Gasteiger partial charge is 0.383 e. The number of rotatable bonds is 3. The van der Waals surface area contributed by atoms with Crippen LogP contribution in [0.15, 0.2) is 18.2 Å². The summed E-state index contributed by atoms with van der Waals surface area (Å²) < 4.78 is 17.6. The Bertz CT molecular complexity index is 293. The Morgan fingerprint density at radius 2 is 2.31 bits per heavy atom. The Morgan fingerprint density at radius 3 is 2.85 bits per heavy atom. The zero-order valence-corrected chi connectivity index (χ0v) is 8.01. The minimum Gasteiger partial charge on any atom is -0.383 e. The molecule has 0 radical (unpaired) electrons. The average molecular weight is 204 g/mol. The van der Waals surface area contributed by atoms with Gasteiger partial charge in [0.15, 0.2) is 0 Å². The summed E-state index contributed by atoms with van der Waals surface area (Å²) in [6, 6.07) is 4.15. The number of hydrogen-bond acceptors (Lipinski definition) is 2. The van der Waals surface area contributed by atoms with Gasteiger partial charge in [0.25, 0.3) is 0 Å². The van der Waals surface area contributed by atoms with Crippen LogP contribution in [0, 0.1) is 5.82 Å². The van der Waals surface area contributed by atoms with E-state index in [-0.39, 0.29) is 11.1 Å². The summed E-state index contributed by atoms with van der Waals surface area (Å²) in [4.78, 5) is 0. The standard InChI is InChI=1S/C9H11ClFNO/c1-13-5-9(12)6-2-3-8(11)7(10)4-6/h2-4,9H,5,12H2,1H3/t9-/m0/s1. The Kier molecular flexibility index (Phi) is 3.66. The Labute approximate surface area is 81.4 Å². The van der Waals surface area contributed by atoms with Crippen molar-refractivity contribution in [2.24, 2.45) is 5.73 Å². The van der Waals surface area contributed by atoms with Crippen LogP contribution < -0.4 is 5.73 Å². The van der Waals surface area contributed by atoms with Crippen molar-refractivity contribution in [1.82, 2.24) is 0 Å². The maximum Gasteiger partial charge on any atom is 0.141 e. The second kappa shape index (κ2) is 4.56. The van der Waals surface area contributed by atoms with Crippen molar-refractivity contribution < 1.29 is 9.13 Å². The number of hydrogen-bond donors (Lipinski definition) is 1. The molecule has 0 aliphatic rings. The molecule has 1 aromatic carbocycles. The van der Waals surface area contributed by atoms with Crippen molar-refractivity contribution in [2.45, 2.75) is 6.04 Å². The van der Waals surface area contributed by atoms with E-state index in [4.69, 9.17) is 22.1 Å². The van der Waals surface area contributed by atoms with E-state index >= 15 is 0 Å². The summed E-state index contributed by atoms with van der Waals surface area (Å²) in [5, 5.41) is 0.0871. The van der Waals surface area contributed by atoms with Gasteiger partial charge in [-0.3, -0.25) is 0 Å². The van der Waals surface area contributed by atoms with Gasteiger partial charge in [-0.05, 0) is 17.7 Å². The molecule has 0 saturated heterocycles. The molecule has 72 valence electrons. The first-order chi connectivity index (χ1) is 6.15. The first kappa shape index (κ1) is 10.4. The van der Waals surface area contributed by atoms with Crippen molar-refractivity contribution >= 4 is 11.6 Å². The van der Waals surface area contributed by atoms with Crippen LogP contribution in [0.5, 0.6) is 0 Å². The topological polar surface area (TPSA) is 35.2 Å². The van der Waals surface area contributed by atoms with Crippen molar-refractivity contribution in [3.8, 4) is 0 Å². The SMILES string of the molecule is COC[C@H](N)c1ccc(F)c(Cl)c1. The molecule has 0 bridgehead atoms. The molecule has 0 saturated carbocycles. The van der Waals surface area contributed by atoms with Crippen LogP contribution in [0.25, 0.3) is 0 Å². The highest BCUT2D eigenvalue weighted by Gasteiger charge is 2.07. The number of ether oxygens (including phenoxy) is 1. The lowest BCUT2D eigenvalue weighted by atomic mass is 10.1. The fourth-order valence-electron chi connectivity index (χ4n) is 1.02. The lowest BCUT2D eigenvalue weighted by Crippen LogP contribution is -2.16. The van der Waals surface area contributed by atoms with Gasteiger partial charge >= 0.3 is 0 Å². The summed E-state index contributed by atoms with van der Waals surface area (Å²) in [7, 11) is 1.56. The van der Waals surface area contributed by atoms with Crippen molar-refractivity contribution in [2.75, 3.05) is 13.7 Å². The Balaban J connectivity index is 2.84. The van der Waals surface area contributed by atoms with Crippen LogP contribution in [0.2, 0.25) is 5.02 Å². The monoisotopic (exact) mass is 203 g/mol. The normalized spacial score (nSPS) is 12.9. The maximum atomic E-state index is 12.7. The van der Waals surface area contributed by atoms with Gasteiger partial charge in [-0.1, -0.05) is 17.7 Å². The van der Waals surface area contributed by atoms with Crippen LogP contribution in [0.4, 0.5) is 4.39 Å². The molecule has 0 aromatic heterocycles. The van der Waals surface area contributed by atoms with E-state index < -0.39 is 5.82 Å². The Morgan fingerprint density at radius 1 is 1.62 bits per heavy atom. The minimum atomic E-state index is -0.435. The third kappa shape index (κ3) is 2.66. The lowest BCUT2D eigenvalue weighted by Gasteiger charge is -2.10. The van der Waals surface area contributed by atoms with Crippen LogP contribution in [0.3, 0.4) is 0 Å². The van der Waals surface area contributed by atoms with E-state index in [1.165, 1.54) is 12.1 Å². The molecule has 1 rings (SSSR count). The van der Waals surface area contributed by atoms with Gasteiger partial charge < -0.3 is 10.5 Å². The van der Waals surface area contributed by atoms with Gasteiger partial charge in [-0.2, -0.15) is 0 Å². The van der Waals surface area contributed by atoms with Gasteiger partial charge in [0.1, 0.15) is 5.82 Å². The molecule has 0 aliphatic carbocycles. The fraction of sp³-hybridized carbons (Fsp3) is 0.333. The number of nitrogens with two attached hydrogens (primary N) is 1. The predicted molar refractivity (Wildman–Crippen MR) is 50.2 cm³/mol. The van der Waals surface area contributed by atoms with E-state index in [0.29, 0.717) is 6.61 Å². The van der Waals surface area contributed by atoms with Crippen molar-refractivity contribution in [3.63, 3.8) is 0 Å². The van der Waals surface area contributed by atoms with Crippen LogP contribution >= 0.6 is 11.6 Å². The summed E-state index contributed by atoms with van der Waals surface area (Å²) in [5.74, 6) is -0.435. The summed E-state index contributed by atoms with van der Waals surface area (Å²) in [6.07, 6.45) is 0. The molecule has 0 heterocycles. The maximum absolute atomic E-state index is 12.7. The van der Waals surface area contributed by atoms with Gasteiger partial charge in [0, 0.05) is 7.11 Å². The molecular formula is C9H11ClFNO. The van der Waals surface area contributed by atoms with Gasteiger partial charge in [0.05, 0.1) is 17.7 Å². The highest BCUT2D eigenvalue weighted by atomic mass is 35.5. The van der Waals surface area contributed by atoms with E-state index in [0.717, 1.165) is 5.56 Å². The highest BCUT2D eigenvalue weighted by Crippen LogP contribution is 2.19. The molecule has 0 amide bonds. The summed E-state index contributed by atoms with van der Waals surface area (Å²) >= 11 is 5.59. The van der Waals surface area contributed by atoms with Crippen LogP contribution in [-0.2, 0) is 4.74 Å². The Hall–Kier alpha value is -0.640. The van der Waals surface area contributed by atoms with E-state index in [1.54, 1.807) is 13.2 Å². The van der Waals surface area contributed by atoms with E-state index in [2.05, 4.69) is 0 Å². The van der Waals surface area contributed by atoms with Crippen molar-refractivity contribution in [1.29, 1.82) is 0 Å². The highest BCUT2D eigenvalue weighted by molar-refractivity contribution is 6.30. The zero-order chi connectivity index (χ0) is 9.84. The zero-order valence-electron chi connectivity index (χ0n) is 7.26. The second-order valence-electron chi connectivity index (χ2n) is 2.74. The third-order valence-corrected chi connectivity index (χ3v) is 2.01. The third-order valence-electron chi connectivity index (χ3n) is 1.72. The first-order valence-electron chi connectivity index (χ1n) is 3.84. The van der Waals surface area contributed by atoms with Gasteiger partial charge in [-0.25, -0.2) is 4.39 Å². The molecule has 0 spiro atoms. The minimum absolute atomic E-state index is 0.0871. The second-order valence-corrected chi connectivity index (χ2v) is 3.14. The fourth-order valence-corrected chi connectivity index (χ4v) is 1.21. The first-order valence-corrected chi connectivity index (χ1v) is 4.22. The lowest BCUT2D eigenvalue weighted by molar-refractivity contribution is 0.181. The summed E-state index contributed by atoms with van der Waals surface area (Å²) in [6.45, 7) is 0.391. The molecule has 2 nitrogen and oxygen atoms in total. The molecular weight excluding hydrogens is 193 g/mol. The molecule has 0 fully saturated rings. The van der Waals surface area contributed by atoms with Gasteiger partial charge in [-0.15, -0.1) is 0 Å². The average Bonchev–Trinajstić information content (AvgIpc) is 2.10. The van der Waals surface area contributed by atoms with Gasteiger partial charge in [0.2, 0.25) is 0 Å².